The molecule has 1 aliphatic carbocycles. The summed E-state index contributed by atoms with van der Waals surface area (Å²) in [7, 11) is 3.13. The van der Waals surface area contributed by atoms with E-state index in [2.05, 4.69) is 15.0 Å². The van der Waals surface area contributed by atoms with E-state index in [9.17, 15) is 4.79 Å². The molecule has 2 heterocycles. The van der Waals surface area contributed by atoms with Crippen molar-refractivity contribution in [2.45, 2.75) is 32.2 Å². The van der Waals surface area contributed by atoms with Gasteiger partial charge < -0.3 is 14.8 Å². The minimum atomic E-state index is -0.176. The van der Waals surface area contributed by atoms with Gasteiger partial charge in [0.05, 0.1) is 32.0 Å². The second-order valence-corrected chi connectivity index (χ2v) is 7.26. The lowest BCUT2D eigenvalue weighted by molar-refractivity contribution is 0.0948. The minimum absolute atomic E-state index is 0.176. The number of nitrogens with zero attached hydrogens (tertiary/aromatic N) is 3. The van der Waals surface area contributed by atoms with Gasteiger partial charge in [-0.1, -0.05) is 0 Å². The van der Waals surface area contributed by atoms with Crippen molar-refractivity contribution in [2.75, 3.05) is 20.8 Å². The Morgan fingerprint density at radius 1 is 1.10 bits per heavy atom. The Bertz CT molecular complexity index is 1030. The van der Waals surface area contributed by atoms with E-state index >= 15 is 0 Å². The lowest BCUT2D eigenvalue weighted by Crippen LogP contribution is -2.28. The number of benzene rings is 1. The average Bonchev–Trinajstić information content (AvgIpc) is 3.18. The first-order valence-corrected chi connectivity index (χ1v) is 10.2. The number of rotatable bonds is 7. The summed E-state index contributed by atoms with van der Waals surface area (Å²) >= 11 is 0. The van der Waals surface area contributed by atoms with Crippen LogP contribution in [0.2, 0.25) is 0 Å². The van der Waals surface area contributed by atoms with Gasteiger partial charge in [-0.3, -0.25) is 14.5 Å². The highest BCUT2D eigenvalue weighted by atomic mass is 16.5. The molecule has 3 aromatic rings. The van der Waals surface area contributed by atoms with Crippen molar-refractivity contribution in [2.24, 2.45) is 0 Å². The number of ether oxygens (including phenoxy) is 2. The van der Waals surface area contributed by atoms with Crippen LogP contribution < -0.4 is 14.8 Å². The number of pyridine rings is 1. The van der Waals surface area contributed by atoms with Crippen molar-refractivity contribution in [3.63, 3.8) is 0 Å². The zero-order valence-corrected chi connectivity index (χ0v) is 17.4. The SMILES string of the molecule is COc1ccc(C(=O)NCCn2nc(-c3ccncc3)c3c2CCCC3)c(OC)c1. The van der Waals surface area contributed by atoms with Crippen LogP contribution in [0.15, 0.2) is 42.7 Å². The number of carbonyl (C=O) groups excluding carboxylic acids is 1. The highest BCUT2D eigenvalue weighted by Crippen LogP contribution is 2.31. The molecule has 0 unspecified atom stereocenters. The summed E-state index contributed by atoms with van der Waals surface area (Å²) in [4.78, 5) is 16.8. The molecule has 4 rings (SSSR count). The van der Waals surface area contributed by atoms with Crippen molar-refractivity contribution in [3.05, 3.63) is 59.5 Å². The van der Waals surface area contributed by atoms with Crippen LogP contribution in [-0.2, 0) is 19.4 Å². The molecule has 0 bridgehead atoms. The normalized spacial score (nSPS) is 12.9. The lowest BCUT2D eigenvalue weighted by Gasteiger charge is -2.15. The summed E-state index contributed by atoms with van der Waals surface area (Å²) in [6, 6.07) is 9.17. The topological polar surface area (TPSA) is 78.3 Å². The van der Waals surface area contributed by atoms with E-state index in [1.807, 2.05) is 12.1 Å². The maximum Gasteiger partial charge on any atom is 0.255 e. The predicted molar refractivity (Wildman–Crippen MR) is 114 cm³/mol. The molecule has 2 aromatic heterocycles. The third-order valence-corrected chi connectivity index (χ3v) is 5.47. The zero-order chi connectivity index (χ0) is 20.9. The van der Waals surface area contributed by atoms with E-state index in [-0.39, 0.29) is 5.91 Å². The highest BCUT2D eigenvalue weighted by molar-refractivity contribution is 5.97. The van der Waals surface area contributed by atoms with Crippen molar-refractivity contribution < 1.29 is 14.3 Å². The quantitative estimate of drug-likeness (QED) is 0.652. The highest BCUT2D eigenvalue weighted by Gasteiger charge is 2.22. The van der Waals surface area contributed by atoms with Crippen molar-refractivity contribution in [1.29, 1.82) is 0 Å². The van der Waals surface area contributed by atoms with Crippen LogP contribution in [0.1, 0.15) is 34.5 Å². The van der Waals surface area contributed by atoms with E-state index in [4.69, 9.17) is 14.6 Å². The Morgan fingerprint density at radius 3 is 2.67 bits per heavy atom. The predicted octanol–water partition coefficient (Wildman–Crippen LogP) is 3.27. The van der Waals surface area contributed by atoms with E-state index in [0.717, 1.165) is 24.1 Å². The summed E-state index contributed by atoms with van der Waals surface area (Å²) < 4.78 is 12.6. The fourth-order valence-corrected chi connectivity index (χ4v) is 3.95. The molecule has 0 saturated heterocycles. The summed E-state index contributed by atoms with van der Waals surface area (Å²) in [5.74, 6) is 0.961. The van der Waals surface area contributed by atoms with Crippen molar-refractivity contribution in [3.8, 4) is 22.8 Å². The largest absolute Gasteiger partial charge is 0.497 e. The van der Waals surface area contributed by atoms with Gasteiger partial charge >= 0.3 is 0 Å². The minimum Gasteiger partial charge on any atom is -0.497 e. The van der Waals surface area contributed by atoms with Gasteiger partial charge in [0.25, 0.3) is 5.91 Å². The number of amides is 1. The zero-order valence-electron chi connectivity index (χ0n) is 17.4. The van der Waals surface area contributed by atoms with Crippen molar-refractivity contribution in [1.82, 2.24) is 20.1 Å². The Balaban J connectivity index is 1.48. The maximum atomic E-state index is 12.7. The number of aromatic nitrogens is 3. The molecule has 0 saturated carbocycles. The number of hydrogen-bond donors (Lipinski definition) is 1. The lowest BCUT2D eigenvalue weighted by atomic mass is 9.94. The first kappa shape index (κ1) is 19.9. The second kappa shape index (κ2) is 8.98. The van der Waals surface area contributed by atoms with Crippen LogP contribution in [0.4, 0.5) is 0 Å². The average molecular weight is 406 g/mol. The molecular weight excluding hydrogens is 380 g/mol. The molecule has 156 valence electrons. The maximum absolute atomic E-state index is 12.7. The molecule has 30 heavy (non-hydrogen) atoms. The van der Waals surface area contributed by atoms with Crippen LogP contribution in [0, 0.1) is 0 Å². The molecule has 7 heteroatoms. The fraction of sp³-hybridized carbons (Fsp3) is 0.348. The van der Waals surface area contributed by atoms with Crippen LogP contribution in [0.3, 0.4) is 0 Å². The molecule has 0 fully saturated rings. The van der Waals surface area contributed by atoms with Gasteiger partial charge in [-0.15, -0.1) is 0 Å². The second-order valence-electron chi connectivity index (χ2n) is 7.26. The molecule has 0 spiro atoms. The Morgan fingerprint density at radius 2 is 1.90 bits per heavy atom. The Kier molecular flexibility index (Phi) is 5.97. The fourth-order valence-electron chi connectivity index (χ4n) is 3.95. The number of carbonyl (C=O) groups is 1. The third-order valence-electron chi connectivity index (χ3n) is 5.47. The first-order chi connectivity index (χ1) is 14.7. The molecule has 1 N–H and O–H groups in total. The van der Waals surface area contributed by atoms with Gasteiger partial charge in [-0.05, 0) is 49.9 Å². The molecule has 0 aliphatic heterocycles. The molecule has 1 amide bonds. The van der Waals surface area contributed by atoms with Gasteiger partial charge in [0.1, 0.15) is 11.5 Å². The van der Waals surface area contributed by atoms with Crippen LogP contribution in [0.25, 0.3) is 11.3 Å². The van der Waals surface area contributed by atoms with Crippen LogP contribution in [-0.4, -0.2) is 41.4 Å². The van der Waals surface area contributed by atoms with E-state index in [1.54, 1.807) is 44.8 Å². The number of methoxy groups -OCH3 is 2. The standard InChI is InChI=1S/C23H26N4O3/c1-29-17-7-8-19(21(15-17)30-2)23(28)25-13-14-27-20-6-4-3-5-18(20)22(26-27)16-9-11-24-12-10-16/h7-12,15H,3-6,13-14H2,1-2H3,(H,25,28). The van der Waals surface area contributed by atoms with Crippen LogP contribution in [0.5, 0.6) is 11.5 Å². The molecule has 7 nitrogen and oxygen atoms in total. The number of nitrogens with one attached hydrogen (secondary N) is 1. The van der Waals surface area contributed by atoms with E-state index in [0.29, 0.717) is 30.2 Å². The Labute approximate surface area is 176 Å². The summed E-state index contributed by atoms with van der Waals surface area (Å²) in [6.45, 7) is 1.11. The summed E-state index contributed by atoms with van der Waals surface area (Å²) in [5, 5.41) is 7.87. The molecule has 0 radical (unpaired) electrons. The number of hydrogen-bond acceptors (Lipinski definition) is 5. The summed E-state index contributed by atoms with van der Waals surface area (Å²) in [6.07, 6.45) is 8.02. The van der Waals surface area contributed by atoms with Gasteiger partial charge in [0.2, 0.25) is 0 Å². The van der Waals surface area contributed by atoms with Gasteiger partial charge in [0, 0.05) is 41.8 Å². The van der Waals surface area contributed by atoms with Crippen molar-refractivity contribution >= 4 is 5.91 Å². The van der Waals surface area contributed by atoms with Gasteiger partial charge in [0.15, 0.2) is 0 Å². The molecule has 0 atom stereocenters. The van der Waals surface area contributed by atoms with Gasteiger partial charge in [-0.25, -0.2) is 0 Å². The Hall–Kier alpha value is -3.35. The first-order valence-electron chi connectivity index (χ1n) is 10.2. The molecule has 1 aromatic carbocycles. The smallest absolute Gasteiger partial charge is 0.255 e. The van der Waals surface area contributed by atoms with Gasteiger partial charge in [-0.2, -0.15) is 5.10 Å². The molecular formula is C23H26N4O3. The summed E-state index contributed by atoms with van der Waals surface area (Å²) in [5.41, 5.74) is 5.22. The van der Waals surface area contributed by atoms with Crippen LogP contribution >= 0.6 is 0 Å². The molecule has 1 aliphatic rings. The third kappa shape index (κ3) is 4.01. The van der Waals surface area contributed by atoms with E-state index < -0.39 is 0 Å². The number of fused-ring (bicyclic) bond motifs is 1. The van der Waals surface area contributed by atoms with E-state index in [1.165, 1.54) is 24.1 Å². The monoisotopic (exact) mass is 406 g/mol.